The van der Waals surface area contributed by atoms with Gasteiger partial charge in [0.2, 0.25) is 0 Å². The van der Waals surface area contributed by atoms with Gasteiger partial charge in [0.15, 0.2) is 11.6 Å². The zero-order chi connectivity index (χ0) is 24.2. The lowest BCUT2D eigenvalue weighted by Crippen LogP contribution is -2.24. The van der Waals surface area contributed by atoms with Crippen molar-refractivity contribution in [2.24, 2.45) is 0 Å². The Labute approximate surface area is 201 Å². The van der Waals surface area contributed by atoms with E-state index < -0.39 is 0 Å². The number of pyridine rings is 2. The number of ketones is 1. The van der Waals surface area contributed by atoms with Crippen LogP contribution in [0.15, 0.2) is 79.3 Å². The molecule has 174 valence electrons. The summed E-state index contributed by atoms with van der Waals surface area (Å²) in [5.74, 6) is 0.166. The molecular weight excluding hydrogens is 440 g/mol. The lowest BCUT2D eigenvalue weighted by Gasteiger charge is -2.08. The van der Waals surface area contributed by atoms with Gasteiger partial charge in [0, 0.05) is 36.0 Å². The molecule has 0 aliphatic heterocycles. The average molecular weight is 465 g/mol. The lowest BCUT2D eigenvalue weighted by atomic mass is 10.0. The fourth-order valence-electron chi connectivity index (χ4n) is 4.08. The van der Waals surface area contributed by atoms with Crippen molar-refractivity contribution in [3.05, 3.63) is 95.9 Å². The molecule has 0 fully saturated rings. The number of benzene rings is 2. The Balaban J connectivity index is 1.15. The van der Waals surface area contributed by atoms with E-state index in [9.17, 15) is 9.59 Å². The summed E-state index contributed by atoms with van der Waals surface area (Å²) in [5.41, 5.74) is 10.8. The number of hydrogen-bond donors (Lipinski definition) is 2. The van der Waals surface area contributed by atoms with E-state index in [-0.39, 0.29) is 11.7 Å². The number of aryl methyl sites for hydroxylation is 1. The van der Waals surface area contributed by atoms with Crippen molar-refractivity contribution in [1.29, 1.82) is 0 Å². The van der Waals surface area contributed by atoms with Gasteiger partial charge in [-0.2, -0.15) is 0 Å². The highest BCUT2D eigenvalue weighted by molar-refractivity contribution is 6.09. The van der Waals surface area contributed by atoms with Crippen molar-refractivity contribution < 1.29 is 9.59 Å². The molecule has 0 unspecified atom stereocenters. The number of nitrogen functional groups attached to an aromatic ring is 1. The molecule has 8 heteroatoms. The van der Waals surface area contributed by atoms with E-state index in [1.54, 1.807) is 48.9 Å². The SMILES string of the molecule is Nc1nc2cccnc2c2c1ncn2CCCCNC(=O)c1ccc(C(=O)c2ccccc2)cc1. The van der Waals surface area contributed by atoms with E-state index >= 15 is 0 Å². The molecule has 0 aliphatic rings. The first kappa shape index (κ1) is 22.2. The summed E-state index contributed by atoms with van der Waals surface area (Å²) in [5, 5.41) is 2.94. The predicted octanol–water partition coefficient (Wildman–Crippen LogP) is 4.00. The van der Waals surface area contributed by atoms with Gasteiger partial charge in [0.05, 0.1) is 11.8 Å². The van der Waals surface area contributed by atoms with Gasteiger partial charge in [-0.05, 0) is 37.1 Å². The van der Waals surface area contributed by atoms with Crippen LogP contribution in [0.2, 0.25) is 0 Å². The highest BCUT2D eigenvalue weighted by atomic mass is 16.1. The van der Waals surface area contributed by atoms with E-state index in [1.807, 2.05) is 34.9 Å². The van der Waals surface area contributed by atoms with Crippen molar-refractivity contribution in [2.75, 3.05) is 12.3 Å². The summed E-state index contributed by atoms with van der Waals surface area (Å²) in [6.45, 7) is 1.26. The average Bonchev–Trinajstić information content (AvgIpc) is 3.33. The van der Waals surface area contributed by atoms with Crippen molar-refractivity contribution in [3.8, 4) is 0 Å². The number of carbonyl (C=O) groups excluding carboxylic acids is 2. The fourth-order valence-corrected chi connectivity index (χ4v) is 4.08. The number of rotatable bonds is 8. The third-order valence-electron chi connectivity index (χ3n) is 5.89. The first-order valence-corrected chi connectivity index (χ1v) is 11.4. The van der Waals surface area contributed by atoms with Gasteiger partial charge in [0.25, 0.3) is 5.91 Å². The zero-order valence-corrected chi connectivity index (χ0v) is 19.0. The van der Waals surface area contributed by atoms with Crippen LogP contribution in [-0.4, -0.2) is 37.8 Å². The number of imidazole rings is 1. The first-order chi connectivity index (χ1) is 17.1. The number of amides is 1. The smallest absolute Gasteiger partial charge is 0.251 e. The largest absolute Gasteiger partial charge is 0.382 e. The molecule has 2 aromatic carbocycles. The van der Waals surface area contributed by atoms with Crippen molar-refractivity contribution in [2.45, 2.75) is 19.4 Å². The van der Waals surface area contributed by atoms with Crippen molar-refractivity contribution in [3.63, 3.8) is 0 Å². The maximum atomic E-state index is 12.5. The summed E-state index contributed by atoms with van der Waals surface area (Å²) in [4.78, 5) is 38.3. The van der Waals surface area contributed by atoms with Gasteiger partial charge in [-0.25, -0.2) is 9.97 Å². The third-order valence-corrected chi connectivity index (χ3v) is 5.89. The quantitative estimate of drug-likeness (QED) is 0.265. The van der Waals surface area contributed by atoms with Gasteiger partial charge in [-0.15, -0.1) is 0 Å². The van der Waals surface area contributed by atoms with Crippen molar-refractivity contribution in [1.82, 2.24) is 24.8 Å². The highest BCUT2D eigenvalue weighted by Crippen LogP contribution is 2.25. The van der Waals surface area contributed by atoms with Crippen LogP contribution in [0.1, 0.15) is 39.1 Å². The number of nitrogens with two attached hydrogens (primary N) is 1. The molecule has 3 aromatic heterocycles. The third kappa shape index (κ3) is 4.59. The van der Waals surface area contributed by atoms with Crippen LogP contribution in [0.3, 0.4) is 0 Å². The van der Waals surface area contributed by atoms with Gasteiger partial charge >= 0.3 is 0 Å². The monoisotopic (exact) mass is 464 g/mol. The second-order valence-electron chi connectivity index (χ2n) is 8.24. The van der Waals surface area contributed by atoms with Crippen LogP contribution in [0.4, 0.5) is 5.82 Å². The number of fused-ring (bicyclic) bond motifs is 3. The Morgan fingerprint density at radius 3 is 2.37 bits per heavy atom. The molecule has 0 saturated heterocycles. The topological polar surface area (TPSA) is 116 Å². The van der Waals surface area contributed by atoms with Crippen LogP contribution < -0.4 is 11.1 Å². The number of carbonyl (C=O) groups is 2. The van der Waals surface area contributed by atoms with Crippen LogP contribution in [-0.2, 0) is 6.54 Å². The molecule has 3 heterocycles. The molecule has 0 spiro atoms. The van der Waals surface area contributed by atoms with Gasteiger partial charge in [-0.1, -0.05) is 42.5 Å². The number of anilines is 1. The number of aromatic nitrogens is 4. The molecule has 1 amide bonds. The van der Waals surface area contributed by atoms with Gasteiger partial charge in [-0.3, -0.25) is 14.6 Å². The maximum Gasteiger partial charge on any atom is 0.251 e. The molecule has 5 aromatic rings. The van der Waals surface area contributed by atoms with E-state index in [0.717, 1.165) is 35.9 Å². The Hall–Kier alpha value is -4.59. The molecule has 0 bridgehead atoms. The Kier molecular flexibility index (Phi) is 6.17. The van der Waals surface area contributed by atoms with E-state index in [0.29, 0.717) is 34.6 Å². The number of hydrogen-bond acceptors (Lipinski definition) is 6. The molecule has 35 heavy (non-hydrogen) atoms. The number of nitrogens with one attached hydrogen (secondary N) is 1. The summed E-state index contributed by atoms with van der Waals surface area (Å²) in [6, 6.07) is 19.5. The number of unbranched alkanes of at least 4 members (excludes halogenated alkanes) is 1. The maximum absolute atomic E-state index is 12.5. The fraction of sp³-hybridized carbons (Fsp3) is 0.148. The van der Waals surface area contributed by atoms with E-state index in [1.165, 1.54) is 0 Å². The molecule has 0 radical (unpaired) electrons. The Morgan fingerprint density at radius 2 is 1.57 bits per heavy atom. The normalized spacial score (nSPS) is 11.1. The first-order valence-electron chi connectivity index (χ1n) is 11.4. The molecule has 8 nitrogen and oxygen atoms in total. The van der Waals surface area contributed by atoms with Crippen molar-refractivity contribution >= 4 is 39.6 Å². The molecule has 0 atom stereocenters. The molecule has 0 saturated carbocycles. The second-order valence-corrected chi connectivity index (χ2v) is 8.24. The minimum absolute atomic E-state index is 0.0647. The minimum Gasteiger partial charge on any atom is -0.382 e. The molecule has 0 aliphatic carbocycles. The molecule has 5 rings (SSSR count). The number of nitrogens with zero attached hydrogens (tertiary/aromatic N) is 4. The molecule has 3 N–H and O–H groups in total. The lowest BCUT2D eigenvalue weighted by molar-refractivity contribution is 0.0951. The zero-order valence-electron chi connectivity index (χ0n) is 19.0. The summed E-state index contributed by atoms with van der Waals surface area (Å²) >= 11 is 0. The van der Waals surface area contributed by atoms with E-state index in [2.05, 4.69) is 20.3 Å². The summed E-state index contributed by atoms with van der Waals surface area (Å²) in [6.07, 6.45) is 5.12. The van der Waals surface area contributed by atoms with Crippen LogP contribution in [0, 0.1) is 0 Å². The summed E-state index contributed by atoms with van der Waals surface area (Å²) in [7, 11) is 0. The highest BCUT2D eigenvalue weighted by Gasteiger charge is 2.13. The van der Waals surface area contributed by atoms with Crippen LogP contribution in [0.5, 0.6) is 0 Å². The van der Waals surface area contributed by atoms with Crippen LogP contribution >= 0.6 is 0 Å². The Morgan fingerprint density at radius 1 is 0.829 bits per heavy atom. The second kappa shape index (κ2) is 9.72. The minimum atomic E-state index is -0.161. The van der Waals surface area contributed by atoms with Crippen LogP contribution in [0.25, 0.3) is 22.1 Å². The van der Waals surface area contributed by atoms with Gasteiger partial charge < -0.3 is 15.6 Å². The standard InChI is InChI=1S/C27H24N6O2/c28-26-23-24(22-21(32-26)9-6-15-29-22)33(17-31-23)16-5-4-14-30-27(35)20-12-10-19(11-13-20)25(34)18-7-2-1-3-8-18/h1-3,6-13,15,17H,4-5,14,16H2,(H2,28,32)(H,30,35). The Bertz CT molecular complexity index is 1510. The van der Waals surface area contributed by atoms with E-state index in [4.69, 9.17) is 5.73 Å². The molecular formula is C27H24N6O2. The predicted molar refractivity (Wildman–Crippen MR) is 135 cm³/mol. The summed E-state index contributed by atoms with van der Waals surface area (Å²) < 4.78 is 2.03. The van der Waals surface area contributed by atoms with Gasteiger partial charge in [0.1, 0.15) is 16.6 Å².